The lowest BCUT2D eigenvalue weighted by molar-refractivity contribution is -0.154. The molecule has 1 N–H and O–H groups in total. The highest BCUT2D eigenvalue weighted by atomic mass is 19.4. The van der Waals surface area contributed by atoms with Crippen LogP contribution >= 0.6 is 0 Å². The molecule has 0 bridgehead atoms. The van der Waals surface area contributed by atoms with Crippen LogP contribution in [-0.4, -0.2) is 55.3 Å². The van der Waals surface area contributed by atoms with Gasteiger partial charge in [-0.05, 0) is 44.5 Å². The highest BCUT2D eigenvalue weighted by Crippen LogP contribution is 2.23. The first-order valence-corrected chi connectivity index (χ1v) is 7.49. The Bertz CT molecular complexity index is 529. The number of hydrogen-bond donors (Lipinski definition) is 1. The van der Waals surface area contributed by atoms with Crippen molar-refractivity contribution in [3.05, 3.63) is 23.9 Å². The van der Waals surface area contributed by atoms with Gasteiger partial charge in [-0.2, -0.15) is 13.2 Å². The molecule has 0 atom stereocenters. The van der Waals surface area contributed by atoms with E-state index in [1.807, 2.05) is 7.05 Å². The van der Waals surface area contributed by atoms with Crippen molar-refractivity contribution in [1.82, 2.24) is 15.2 Å². The van der Waals surface area contributed by atoms with Crippen LogP contribution in [0.4, 0.5) is 13.2 Å². The summed E-state index contributed by atoms with van der Waals surface area (Å²) in [5.74, 6) is -0.0933. The van der Waals surface area contributed by atoms with Crippen LogP contribution in [0.25, 0.3) is 0 Å². The van der Waals surface area contributed by atoms with Crippen LogP contribution in [0.1, 0.15) is 23.2 Å². The minimum Gasteiger partial charge on any atom is -0.467 e. The molecule has 0 aliphatic carbocycles. The molecular weight excluding hydrogens is 311 g/mol. The van der Waals surface area contributed by atoms with Gasteiger partial charge in [0.05, 0.1) is 0 Å². The summed E-state index contributed by atoms with van der Waals surface area (Å²) in [4.78, 5) is 17.9. The van der Waals surface area contributed by atoms with Crippen molar-refractivity contribution < 1.29 is 22.7 Å². The Morgan fingerprint density at radius 2 is 2.13 bits per heavy atom. The number of nitrogens with zero attached hydrogens (tertiary/aromatic N) is 2. The van der Waals surface area contributed by atoms with Crippen molar-refractivity contribution in [1.29, 1.82) is 0 Å². The van der Waals surface area contributed by atoms with Crippen LogP contribution in [0, 0.1) is 5.92 Å². The summed E-state index contributed by atoms with van der Waals surface area (Å²) in [6.45, 7) is 0.598. The van der Waals surface area contributed by atoms with Crippen LogP contribution in [0.15, 0.2) is 18.3 Å². The van der Waals surface area contributed by atoms with Gasteiger partial charge in [0.25, 0.3) is 5.91 Å². The first-order valence-electron chi connectivity index (χ1n) is 7.49. The number of likely N-dealkylation sites (tertiary alicyclic amines) is 1. The summed E-state index contributed by atoms with van der Waals surface area (Å²) in [6, 6.07) is 2.96. The lowest BCUT2D eigenvalue weighted by Crippen LogP contribution is -2.40. The van der Waals surface area contributed by atoms with E-state index in [0.29, 0.717) is 19.0 Å². The minimum absolute atomic E-state index is 0.0730. The van der Waals surface area contributed by atoms with Crippen LogP contribution in [0.5, 0.6) is 5.88 Å². The number of rotatable bonds is 5. The maximum atomic E-state index is 12.5. The summed E-state index contributed by atoms with van der Waals surface area (Å²) in [5, 5.41) is 3.11. The van der Waals surface area contributed by atoms with Crippen molar-refractivity contribution >= 4 is 5.91 Å². The van der Waals surface area contributed by atoms with E-state index in [-0.39, 0.29) is 17.4 Å². The van der Waals surface area contributed by atoms with E-state index in [1.165, 1.54) is 18.3 Å². The third-order valence-electron chi connectivity index (χ3n) is 3.77. The maximum absolute atomic E-state index is 12.5. The Balaban J connectivity index is 2.02. The molecular formula is C15H20F3N3O2. The predicted molar refractivity (Wildman–Crippen MR) is 78.3 cm³/mol. The van der Waals surface area contributed by atoms with E-state index >= 15 is 0 Å². The van der Waals surface area contributed by atoms with E-state index < -0.39 is 12.8 Å². The zero-order chi connectivity index (χ0) is 16.9. The summed E-state index contributed by atoms with van der Waals surface area (Å²) >= 11 is 0. The average molecular weight is 331 g/mol. The Labute approximate surface area is 132 Å². The molecule has 1 aromatic rings. The van der Waals surface area contributed by atoms with Gasteiger partial charge in [-0.1, -0.05) is 0 Å². The fourth-order valence-corrected chi connectivity index (χ4v) is 2.62. The van der Waals surface area contributed by atoms with E-state index in [9.17, 15) is 18.0 Å². The number of carbonyl (C=O) groups is 1. The Morgan fingerprint density at radius 1 is 1.43 bits per heavy atom. The number of pyridine rings is 1. The molecule has 1 aromatic heterocycles. The second-order valence-electron chi connectivity index (χ2n) is 5.55. The van der Waals surface area contributed by atoms with E-state index in [4.69, 9.17) is 0 Å². The molecule has 128 valence electrons. The van der Waals surface area contributed by atoms with Gasteiger partial charge in [0.2, 0.25) is 5.88 Å². The van der Waals surface area contributed by atoms with Crippen molar-refractivity contribution in [2.24, 2.45) is 5.92 Å². The van der Waals surface area contributed by atoms with Crippen molar-refractivity contribution in [3.63, 3.8) is 0 Å². The van der Waals surface area contributed by atoms with Crippen LogP contribution in [0.3, 0.4) is 0 Å². The summed E-state index contributed by atoms with van der Waals surface area (Å²) in [6.07, 6.45) is -1.43. The maximum Gasteiger partial charge on any atom is 0.422 e. The second-order valence-corrected chi connectivity index (χ2v) is 5.55. The van der Waals surface area contributed by atoms with Crippen LogP contribution in [-0.2, 0) is 0 Å². The molecule has 5 nitrogen and oxygen atoms in total. The first-order chi connectivity index (χ1) is 10.9. The summed E-state index contributed by atoms with van der Waals surface area (Å²) < 4.78 is 41.6. The fraction of sp³-hybridized carbons (Fsp3) is 0.600. The lowest BCUT2D eigenvalue weighted by atomic mass is 9.96. The Kier molecular flexibility index (Phi) is 5.81. The molecule has 0 radical (unpaired) electrons. The highest BCUT2D eigenvalue weighted by Gasteiger charge is 2.31. The van der Waals surface area contributed by atoms with Gasteiger partial charge in [-0.3, -0.25) is 4.79 Å². The van der Waals surface area contributed by atoms with Gasteiger partial charge >= 0.3 is 6.18 Å². The molecule has 0 aromatic carbocycles. The van der Waals surface area contributed by atoms with Crippen LogP contribution < -0.4 is 10.1 Å². The molecule has 0 unspecified atom stereocenters. The Morgan fingerprint density at radius 3 is 2.74 bits per heavy atom. The van der Waals surface area contributed by atoms with Crippen molar-refractivity contribution in [2.75, 3.05) is 33.3 Å². The van der Waals surface area contributed by atoms with Crippen molar-refractivity contribution in [3.8, 4) is 5.88 Å². The number of aromatic nitrogens is 1. The number of carbonyl (C=O) groups excluding carboxylic acids is 1. The van der Waals surface area contributed by atoms with E-state index in [1.54, 1.807) is 4.90 Å². The molecule has 1 saturated heterocycles. The fourth-order valence-electron chi connectivity index (χ4n) is 2.62. The van der Waals surface area contributed by atoms with Crippen molar-refractivity contribution in [2.45, 2.75) is 19.0 Å². The average Bonchev–Trinajstić information content (AvgIpc) is 2.53. The van der Waals surface area contributed by atoms with Gasteiger partial charge in [0.15, 0.2) is 6.61 Å². The zero-order valence-corrected chi connectivity index (χ0v) is 12.9. The molecule has 2 rings (SSSR count). The van der Waals surface area contributed by atoms with Gasteiger partial charge < -0.3 is 15.0 Å². The molecule has 0 spiro atoms. The lowest BCUT2D eigenvalue weighted by Gasteiger charge is -2.32. The highest BCUT2D eigenvalue weighted by molar-refractivity contribution is 5.96. The Hall–Kier alpha value is -1.83. The third kappa shape index (κ3) is 5.09. The largest absolute Gasteiger partial charge is 0.467 e. The van der Waals surface area contributed by atoms with Gasteiger partial charge in [0.1, 0.15) is 5.56 Å². The monoisotopic (exact) mass is 331 g/mol. The number of halogens is 3. The number of alkyl halides is 3. The number of amides is 1. The number of hydrogen-bond acceptors (Lipinski definition) is 4. The summed E-state index contributed by atoms with van der Waals surface area (Å²) in [7, 11) is 1.89. The summed E-state index contributed by atoms with van der Waals surface area (Å²) in [5.41, 5.74) is 0.0730. The van der Waals surface area contributed by atoms with Gasteiger partial charge in [0, 0.05) is 19.3 Å². The zero-order valence-electron chi connectivity index (χ0n) is 12.9. The van der Waals surface area contributed by atoms with E-state index in [0.717, 1.165) is 19.4 Å². The first kappa shape index (κ1) is 17.5. The van der Waals surface area contributed by atoms with Gasteiger partial charge in [-0.25, -0.2) is 4.98 Å². The second kappa shape index (κ2) is 7.63. The van der Waals surface area contributed by atoms with Gasteiger partial charge in [-0.15, -0.1) is 0 Å². The minimum atomic E-state index is -4.47. The SMILES string of the molecule is CNCC1CCN(C(=O)c2cccnc2OCC(F)(F)F)CC1. The van der Waals surface area contributed by atoms with E-state index in [2.05, 4.69) is 15.0 Å². The molecule has 8 heteroatoms. The van der Waals surface area contributed by atoms with Crippen LogP contribution in [0.2, 0.25) is 0 Å². The predicted octanol–water partition coefficient (Wildman–Crippen LogP) is 2.09. The standard InChI is InChI=1S/C15H20F3N3O2/c1-19-9-11-4-7-21(8-5-11)14(22)12-3-2-6-20-13(12)23-10-15(16,17)18/h2-3,6,11,19H,4-5,7-10H2,1H3. The molecule has 2 heterocycles. The smallest absolute Gasteiger partial charge is 0.422 e. The quantitative estimate of drug-likeness (QED) is 0.898. The number of nitrogens with one attached hydrogen (secondary N) is 1. The molecule has 1 amide bonds. The molecule has 1 fully saturated rings. The number of ether oxygens (including phenoxy) is 1. The topological polar surface area (TPSA) is 54.5 Å². The molecule has 1 aliphatic rings. The third-order valence-corrected chi connectivity index (χ3v) is 3.77. The molecule has 23 heavy (non-hydrogen) atoms. The normalized spacial score (nSPS) is 16.4. The molecule has 0 saturated carbocycles. The number of piperidine rings is 1. The molecule has 1 aliphatic heterocycles.